The highest BCUT2D eigenvalue weighted by atomic mass is 32.2. The minimum absolute atomic E-state index is 0.111. The number of aromatic nitrogens is 4. The molecule has 1 amide bonds. The zero-order valence-corrected chi connectivity index (χ0v) is 15.2. The van der Waals surface area contributed by atoms with Crippen molar-refractivity contribution in [3.8, 4) is 0 Å². The van der Waals surface area contributed by atoms with Gasteiger partial charge in [-0.1, -0.05) is 36.0 Å². The number of fused-ring (bicyclic) bond motifs is 1. The van der Waals surface area contributed by atoms with Crippen molar-refractivity contribution >= 4 is 17.7 Å². The summed E-state index contributed by atoms with van der Waals surface area (Å²) in [6, 6.07) is 8.80. The lowest BCUT2D eigenvalue weighted by molar-refractivity contribution is -0.129. The Labute approximate surface area is 146 Å². The maximum atomic E-state index is 12.7. The van der Waals surface area contributed by atoms with Gasteiger partial charge in [0.15, 0.2) is 0 Å². The van der Waals surface area contributed by atoms with Gasteiger partial charge in [-0.15, -0.1) is 5.10 Å². The molecule has 1 unspecified atom stereocenters. The molecular weight excluding hydrogens is 322 g/mol. The molecular formula is C17H23N5OS. The number of hydrogen-bond donors (Lipinski definition) is 0. The van der Waals surface area contributed by atoms with E-state index in [1.54, 1.807) is 4.68 Å². The van der Waals surface area contributed by atoms with E-state index >= 15 is 0 Å². The van der Waals surface area contributed by atoms with E-state index in [-0.39, 0.29) is 18.0 Å². The van der Waals surface area contributed by atoms with Crippen molar-refractivity contribution in [1.29, 1.82) is 0 Å². The summed E-state index contributed by atoms with van der Waals surface area (Å²) in [5.41, 5.74) is 2.65. The van der Waals surface area contributed by atoms with Gasteiger partial charge in [-0.25, -0.2) is 4.68 Å². The maximum absolute atomic E-state index is 12.7. The van der Waals surface area contributed by atoms with E-state index in [1.807, 2.05) is 25.8 Å². The summed E-state index contributed by atoms with van der Waals surface area (Å²) in [5.74, 6) is 0.461. The van der Waals surface area contributed by atoms with Crippen LogP contribution in [0.3, 0.4) is 0 Å². The molecule has 0 saturated carbocycles. The standard InChI is InChI=1S/C17H23N5OS/c1-12(2)22-17(18-19-20-22)24-11-16(23)21(3)15-10-6-8-13-7-4-5-9-14(13)15/h4-5,7,9,12,15H,6,8,10-11H2,1-3H3. The molecule has 3 rings (SSSR count). The molecule has 0 spiro atoms. The van der Waals surface area contributed by atoms with Crippen molar-refractivity contribution in [2.45, 2.75) is 50.4 Å². The van der Waals surface area contributed by atoms with Crippen LogP contribution in [0.5, 0.6) is 0 Å². The summed E-state index contributed by atoms with van der Waals surface area (Å²) in [5, 5.41) is 12.4. The minimum atomic E-state index is 0.111. The number of carbonyl (C=O) groups is 1. The van der Waals surface area contributed by atoms with Crippen molar-refractivity contribution in [2.24, 2.45) is 0 Å². The van der Waals surface area contributed by atoms with Gasteiger partial charge in [0.25, 0.3) is 0 Å². The Morgan fingerprint density at radius 2 is 2.21 bits per heavy atom. The van der Waals surface area contributed by atoms with Gasteiger partial charge in [0.05, 0.1) is 17.8 Å². The van der Waals surface area contributed by atoms with E-state index in [4.69, 9.17) is 0 Å². The first-order chi connectivity index (χ1) is 11.6. The predicted octanol–water partition coefficient (Wildman–Crippen LogP) is 2.88. The van der Waals surface area contributed by atoms with Gasteiger partial charge in [0, 0.05) is 7.05 Å². The molecule has 0 N–H and O–H groups in total. The van der Waals surface area contributed by atoms with Crippen LogP contribution in [0.2, 0.25) is 0 Å². The van der Waals surface area contributed by atoms with E-state index < -0.39 is 0 Å². The van der Waals surface area contributed by atoms with Crippen molar-refractivity contribution in [1.82, 2.24) is 25.1 Å². The quantitative estimate of drug-likeness (QED) is 0.780. The van der Waals surface area contributed by atoms with E-state index in [1.165, 1.54) is 22.9 Å². The highest BCUT2D eigenvalue weighted by Gasteiger charge is 2.26. The zero-order valence-electron chi connectivity index (χ0n) is 14.3. The normalized spacial score (nSPS) is 16.9. The first kappa shape index (κ1) is 17.0. The first-order valence-electron chi connectivity index (χ1n) is 8.32. The fraction of sp³-hybridized carbons (Fsp3) is 0.529. The fourth-order valence-corrected chi connectivity index (χ4v) is 4.07. The summed E-state index contributed by atoms with van der Waals surface area (Å²) in [7, 11) is 1.90. The number of benzene rings is 1. The lowest BCUT2D eigenvalue weighted by Crippen LogP contribution is -2.34. The molecule has 0 bridgehead atoms. The Morgan fingerprint density at radius 3 is 3.00 bits per heavy atom. The van der Waals surface area contributed by atoms with Crippen LogP contribution in [-0.4, -0.2) is 43.8 Å². The summed E-state index contributed by atoms with van der Waals surface area (Å²) in [4.78, 5) is 14.5. The minimum Gasteiger partial charge on any atom is -0.338 e. The van der Waals surface area contributed by atoms with Gasteiger partial charge in [-0.05, 0) is 54.7 Å². The van der Waals surface area contributed by atoms with Gasteiger partial charge in [-0.2, -0.15) is 0 Å². The molecule has 2 aromatic rings. The Balaban J connectivity index is 1.66. The number of tetrazole rings is 1. The molecule has 0 radical (unpaired) electrons. The third-order valence-corrected chi connectivity index (χ3v) is 5.39. The molecule has 7 heteroatoms. The highest BCUT2D eigenvalue weighted by molar-refractivity contribution is 7.99. The average Bonchev–Trinajstić information content (AvgIpc) is 3.07. The summed E-state index contributed by atoms with van der Waals surface area (Å²) >= 11 is 1.40. The fourth-order valence-electron chi connectivity index (χ4n) is 3.14. The maximum Gasteiger partial charge on any atom is 0.233 e. The van der Waals surface area contributed by atoms with Crippen LogP contribution in [0.25, 0.3) is 0 Å². The molecule has 0 aliphatic heterocycles. The van der Waals surface area contributed by atoms with E-state index in [2.05, 4.69) is 39.8 Å². The molecule has 1 aromatic carbocycles. The van der Waals surface area contributed by atoms with Crippen LogP contribution >= 0.6 is 11.8 Å². The number of thioether (sulfide) groups is 1. The monoisotopic (exact) mass is 345 g/mol. The molecule has 0 fully saturated rings. The van der Waals surface area contributed by atoms with Crippen LogP contribution in [0, 0.1) is 0 Å². The van der Waals surface area contributed by atoms with Gasteiger partial charge in [-0.3, -0.25) is 4.79 Å². The number of hydrogen-bond acceptors (Lipinski definition) is 5. The Hall–Kier alpha value is -1.89. The second kappa shape index (κ2) is 7.34. The lowest BCUT2D eigenvalue weighted by atomic mass is 9.87. The summed E-state index contributed by atoms with van der Waals surface area (Å²) in [6.07, 6.45) is 3.25. The average molecular weight is 345 g/mol. The smallest absolute Gasteiger partial charge is 0.233 e. The van der Waals surface area contributed by atoms with Crippen LogP contribution in [-0.2, 0) is 11.2 Å². The zero-order chi connectivity index (χ0) is 17.1. The largest absolute Gasteiger partial charge is 0.338 e. The SMILES string of the molecule is CC(C)n1nnnc1SCC(=O)N(C)C1CCCc2ccccc21. The van der Waals surface area contributed by atoms with E-state index in [9.17, 15) is 4.79 Å². The van der Waals surface area contributed by atoms with Gasteiger partial charge in [0.2, 0.25) is 11.1 Å². The topological polar surface area (TPSA) is 63.9 Å². The predicted molar refractivity (Wildman–Crippen MR) is 93.8 cm³/mol. The van der Waals surface area contributed by atoms with Crippen molar-refractivity contribution in [3.63, 3.8) is 0 Å². The number of rotatable bonds is 5. The molecule has 1 aromatic heterocycles. The molecule has 128 valence electrons. The molecule has 1 heterocycles. The molecule has 6 nitrogen and oxygen atoms in total. The molecule has 0 saturated heterocycles. The van der Waals surface area contributed by atoms with E-state index in [0.717, 1.165) is 19.3 Å². The van der Waals surface area contributed by atoms with Crippen LogP contribution in [0.4, 0.5) is 0 Å². The Morgan fingerprint density at radius 1 is 1.42 bits per heavy atom. The second-order valence-electron chi connectivity index (χ2n) is 6.40. The molecule has 24 heavy (non-hydrogen) atoms. The number of carbonyl (C=O) groups excluding carboxylic acids is 1. The van der Waals surface area contributed by atoms with Gasteiger partial charge >= 0.3 is 0 Å². The third-order valence-electron chi connectivity index (χ3n) is 4.48. The third kappa shape index (κ3) is 3.45. The van der Waals surface area contributed by atoms with Crippen LogP contribution in [0.15, 0.2) is 29.4 Å². The summed E-state index contributed by atoms with van der Waals surface area (Å²) < 4.78 is 1.74. The Kier molecular flexibility index (Phi) is 5.18. The van der Waals surface area contributed by atoms with Crippen molar-refractivity contribution < 1.29 is 4.79 Å². The van der Waals surface area contributed by atoms with Crippen molar-refractivity contribution in [2.75, 3.05) is 12.8 Å². The first-order valence-corrected chi connectivity index (χ1v) is 9.30. The van der Waals surface area contributed by atoms with Crippen LogP contribution in [0.1, 0.15) is 49.9 Å². The Bertz CT molecular complexity index is 715. The number of aryl methyl sites for hydroxylation is 1. The van der Waals surface area contributed by atoms with Gasteiger partial charge < -0.3 is 4.90 Å². The van der Waals surface area contributed by atoms with Gasteiger partial charge in [0.1, 0.15) is 0 Å². The molecule has 1 aliphatic rings. The molecule has 1 aliphatic carbocycles. The van der Waals surface area contributed by atoms with Crippen molar-refractivity contribution in [3.05, 3.63) is 35.4 Å². The number of nitrogens with zero attached hydrogens (tertiary/aromatic N) is 5. The second-order valence-corrected chi connectivity index (χ2v) is 7.34. The number of amides is 1. The van der Waals surface area contributed by atoms with Crippen LogP contribution < -0.4 is 0 Å². The molecule has 1 atom stereocenters. The summed E-state index contributed by atoms with van der Waals surface area (Å²) in [6.45, 7) is 4.04. The highest BCUT2D eigenvalue weighted by Crippen LogP contribution is 2.33. The van der Waals surface area contributed by atoms with E-state index in [0.29, 0.717) is 10.9 Å². The lowest BCUT2D eigenvalue weighted by Gasteiger charge is -2.33.